The molecule has 0 aromatic heterocycles. The second-order valence-corrected chi connectivity index (χ2v) is 11.8. The van der Waals surface area contributed by atoms with Gasteiger partial charge in [-0.25, -0.2) is 0 Å². The minimum atomic E-state index is -1.43. The Labute approximate surface area is 267 Å². The number of Topliss-reactive ketones (excluding diaryl/α,β-unsaturated/α-hetero) is 2. The molecule has 1 amide bonds. The van der Waals surface area contributed by atoms with E-state index in [-0.39, 0.29) is 23.0 Å². The van der Waals surface area contributed by atoms with Gasteiger partial charge in [-0.3, -0.25) is 14.4 Å². The Morgan fingerprint density at radius 2 is 1.61 bits per heavy atom. The Balaban J connectivity index is 1.49. The van der Waals surface area contributed by atoms with Crippen molar-refractivity contribution in [3.63, 3.8) is 0 Å². The number of fused-ring (bicyclic) bond motifs is 6. The van der Waals surface area contributed by atoms with Crippen LogP contribution in [0.25, 0.3) is 6.08 Å². The number of anilines is 1. The standard InChI is InChI=1S/C38H34N2O6/c1-4-21-46-25-15-13-24(14-16-25)34(41)32-33(35(42)28-22-26(44-2)17-18-31(28)45-3)40-20-19-23-9-5-6-10-27(23)36(40)38(32)29-11-7-8-12-30(29)39-37(38)43/h5-20,22,32-33,36H,4,21H2,1-3H3,(H,39,43)/t32-,33+,36-,38-/m1/s1. The molecular weight excluding hydrogens is 580 g/mol. The predicted molar refractivity (Wildman–Crippen MR) is 175 cm³/mol. The molecular formula is C38H34N2O6. The van der Waals surface area contributed by atoms with Crippen LogP contribution in [-0.4, -0.2) is 49.2 Å². The van der Waals surface area contributed by atoms with E-state index in [0.717, 1.165) is 17.5 Å². The van der Waals surface area contributed by atoms with Gasteiger partial charge in [0.2, 0.25) is 5.91 Å². The zero-order chi connectivity index (χ0) is 32.0. The van der Waals surface area contributed by atoms with Crippen molar-refractivity contribution in [1.82, 2.24) is 4.90 Å². The van der Waals surface area contributed by atoms with Gasteiger partial charge >= 0.3 is 0 Å². The number of carbonyl (C=O) groups is 3. The maximum Gasteiger partial charge on any atom is 0.238 e. The summed E-state index contributed by atoms with van der Waals surface area (Å²) in [6.45, 7) is 2.58. The largest absolute Gasteiger partial charge is 0.497 e. The van der Waals surface area contributed by atoms with Crippen LogP contribution in [0.5, 0.6) is 17.2 Å². The Morgan fingerprint density at radius 1 is 0.870 bits per heavy atom. The van der Waals surface area contributed by atoms with Crippen molar-refractivity contribution in [2.24, 2.45) is 5.92 Å². The van der Waals surface area contributed by atoms with E-state index in [4.69, 9.17) is 14.2 Å². The zero-order valence-electron chi connectivity index (χ0n) is 25.9. The number of ketones is 2. The molecule has 0 unspecified atom stereocenters. The van der Waals surface area contributed by atoms with Crippen LogP contribution in [-0.2, 0) is 10.2 Å². The summed E-state index contributed by atoms with van der Waals surface area (Å²) in [5, 5.41) is 3.08. The van der Waals surface area contributed by atoms with E-state index in [0.29, 0.717) is 40.7 Å². The lowest BCUT2D eigenvalue weighted by atomic mass is 9.62. The topological polar surface area (TPSA) is 94.2 Å². The Bertz CT molecular complexity index is 1880. The van der Waals surface area contributed by atoms with Gasteiger partial charge in [0, 0.05) is 17.5 Å². The summed E-state index contributed by atoms with van der Waals surface area (Å²) in [5.41, 5.74) is 2.34. The van der Waals surface area contributed by atoms with Crippen LogP contribution in [0.15, 0.2) is 97.2 Å². The van der Waals surface area contributed by atoms with E-state index < -0.39 is 23.4 Å². The molecule has 8 nitrogen and oxygen atoms in total. The molecule has 3 aliphatic rings. The summed E-state index contributed by atoms with van der Waals surface area (Å²) in [5.74, 6) is -0.612. The first-order valence-corrected chi connectivity index (χ1v) is 15.4. The lowest BCUT2D eigenvalue weighted by Gasteiger charge is -2.38. The van der Waals surface area contributed by atoms with E-state index in [1.165, 1.54) is 14.2 Å². The van der Waals surface area contributed by atoms with Crippen LogP contribution < -0.4 is 19.5 Å². The summed E-state index contributed by atoms with van der Waals surface area (Å²) in [6.07, 6.45) is 4.64. The molecule has 232 valence electrons. The summed E-state index contributed by atoms with van der Waals surface area (Å²) < 4.78 is 16.9. The molecule has 3 heterocycles. The second-order valence-electron chi connectivity index (χ2n) is 11.8. The molecule has 4 atom stereocenters. The van der Waals surface area contributed by atoms with Crippen LogP contribution in [0, 0.1) is 5.92 Å². The average Bonchev–Trinajstić information content (AvgIpc) is 3.58. The minimum Gasteiger partial charge on any atom is -0.497 e. The molecule has 4 aromatic rings. The van der Waals surface area contributed by atoms with Crippen LogP contribution in [0.2, 0.25) is 0 Å². The molecule has 3 aliphatic heterocycles. The number of hydrogen-bond acceptors (Lipinski definition) is 7. The van der Waals surface area contributed by atoms with Gasteiger partial charge < -0.3 is 24.4 Å². The van der Waals surface area contributed by atoms with Crippen LogP contribution in [0.3, 0.4) is 0 Å². The van der Waals surface area contributed by atoms with E-state index in [1.54, 1.807) is 42.5 Å². The highest BCUT2D eigenvalue weighted by molar-refractivity contribution is 6.17. The molecule has 1 N–H and O–H groups in total. The summed E-state index contributed by atoms with van der Waals surface area (Å²) in [4.78, 5) is 46.7. The Kier molecular flexibility index (Phi) is 7.35. The molecule has 0 aliphatic carbocycles. The van der Waals surface area contributed by atoms with E-state index in [1.807, 2.05) is 72.6 Å². The number of para-hydroxylation sites is 1. The van der Waals surface area contributed by atoms with Crippen LogP contribution in [0.1, 0.15) is 56.8 Å². The smallest absolute Gasteiger partial charge is 0.238 e. The first-order valence-electron chi connectivity index (χ1n) is 15.4. The van der Waals surface area contributed by atoms with E-state index in [2.05, 4.69) is 5.32 Å². The summed E-state index contributed by atoms with van der Waals surface area (Å²) in [7, 11) is 3.03. The molecule has 7 rings (SSSR count). The maximum atomic E-state index is 15.1. The second kappa shape index (κ2) is 11.5. The van der Waals surface area contributed by atoms with Crippen molar-refractivity contribution < 1.29 is 28.6 Å². The molecule has 0 radical (unpaired) electrons. The molecule has 46 heavy (non-hydrogen) atoms. The Hall–Kier alpha value is -5.37. The zero-order valence-corrected chi connectivity index (χ0v) is 25.9. The third-order valence-electron chi connectivity index (χ3n) is 9.41. The number of methoxy groups -OCH3 is 2. The SMILES string of the molecule is CCCOc1ccc(C(=O)[C@H]2[C@@H](C(=O)c3cc(OC)ccc3OC)N3C=Cc4ccccc4[C@@H]3[C@]23C(=O)Nc2ccccc23)cc1. The van der Waals surface area contributed by atoms with E-state index >= 15 is 9.59 Å². The average molecular weight is 615 g/mol. The fraction of sp³-hybridized carbons (Fsp3) is 0.237. The molecule has 1 fully saturated rings. The number of carbonyl (C=O) groups excluding carboxylic acids is 3. The van der Waals surface area contributed by atoms with Crippen LogP contribution >= 0.6 is 0 Å². The van der Waals surface area contributed by atoms with Gasteiger partial charge in [-0.1, -0.05) is 49.4 Å². The number of nitrogens with zero attached hydrogens (tertiary/aromatic N) is 1. The highest BCUT2D eigenvalue weighted by Crippen LogP contribution is 2.62. The van der Waals surface area contributed by atoms with E-state index in [9.17, 15) is 4.79 Å². The molecule has 8 heteroatoms. The summed E-state index contributed by atoms with van der Waals surface area (Å²) >= 11 is 0. The van der Waals surface area contributed by atoms with Crippen molar-refractivity contribution in [1.29, 1.82) is 0 Å². The van der Waals surface area contributed by atoms with Gasteiger partial charge in [0.25, 0.3) is 0 Å². The number of benzene rings is 4. The van der Waals surface area contributed by atoms with Crippen molar-refractivity contribution in [3.05, 3.63) is 125 Å². The number of rotatable bonds is 9. The third-order valence-corrected chi connectivity index (χ3v) is 9.41. The molecule has 0 saturated carbocycles. The van der Waals surface area contributed by atoms with Gasteiger partial charge in [0.05, 0.1) is 38.3 Å². The van der Waals surface area contributed by atoms with Crippen LogP contribution in [0.4, 0.5) is 5.69 Å². The lowest BCUT2D eigenvalue weighted by Crippen LogP contribution is -2.49. The quantitative estimate of drug-likeness (QED) is 0.216. The van der Waals surface area contributed by atoms with Gasteiger partial charge in [0.1, 0.15) is 28.7 Å². The fourth-order valence-corrected chi connectivity index (χ4v) is 7.45. The van der Waals surface area contributed by atoms with Gasteiger partial charge in [0.15, 0.2) is 11.6 Å². The minimum absolute atomic E-state index is 0.266. The number of nitrogens with one attached hydrogen (secondary N) is 1. The molecule has 1 spiro atoms. The maximum absolute atomic E-state index is 15.1. The lowest BCUT2D eigenvalue weighted by molar-refractivity contribution is -0.122. The highest BCUT2D eigenvalue weighted by Gasteiger charge is 2.70. The molecule has 0 bridgehead atoms. The number of amides is 1. The monoisotopic (exact) mass is 614 g/mol. The first-order chi connectivity index (χ1) is 22.4. The Morgan fingerprint density at radius 3 is 2.37 bits per heavy atom. The van der Waals surface area contributed by atoms with Crippen molar-refractivity contribution in [2.75, 3.05) is 26.1 Å². The van der Waals surface area contributed by atoms with Crippen molar-refractivity contribution in [2.45, 2.75) is 30.8 Å². The molecule has 4 aromatic carbocycles. The van der Waals surface area contributed by atoms with Gasteiger partial charge in [-0.15, -0.1) is 0 Å². The molecule has 1 saturated heterocycles. The number of ether oxygens (including phenoxy) is 3. The number of hydrogen-bond donors (Lipinski definition) is 1. The summed E-state index contributed by atoms with van der Waals surface area (Å²) in [6, 6.07) is 25.6. The van der Waals surface area contributed by atoms with Gasteiger partial charge in [-0.05, 0) is 77.7 Å². The van der Waals surface area contributed by atoms with Gasteiger partial charge in [-0.2, -0.15) is 0 Å². The highest BCUT2D eigenvalue weighted by atomic mass is 16.5. The van der Waals surface area contributed by atoms with Crippen molar-refractivity contribution in [3.8, 4) is 17.2 Å². The first kappa shape index (κ1) is 29.3. The van der Waals surface area contributed by atoms with Crippen molar-refractivity contribution >= 4 is 29.2 Å². The predicted octanol–water partition coefficient (Wildman–Crippen LogP) is 6.47. The fourth-order valence-electron chi connectivity index (χ4n) is 7.45. The third kappa shape index (κ3) is 4.31. The normalized spacial score (nSPS) is 22.1.